The van der Waals surface area contributed by atoms with Crippen LogP contribution in [0.4, 0.5) is 4.39 Å². The summed E-state index contributed by atoms with van der Waals surface area (Å²) in [6.07, 6.45) is 1.56. The van der Waals surface area contributed by atoms with Gasteiger partial charge in [-0.15, -0.1) is 0 Å². The van der Waals surface area contributed by atoms with Crippen LogP contribution in [-0.4, -0.2) is 29.2 Å². The fourth-order valence-electron chi connectivity index (χ4n) is 2.55. The lowest BCUT2D eigenvalue weighted by atomic mass is 10.1. The van der Waals surface area contributed by atoms with Gasteiger partial charge in [-0.05, 0) is 24.3 Å². The van der Waals surface area contributed by atoms with Gasteiger partial charge in [0.2, 0.25) is 0 Å². The largest absolute Gasteiger partial charge is 0.491 e. The molecule has 3 rings (SSSR count). The van der Waals surface area contributed by atoms with Crippen LogP contribution in [0, 0.1) is 5.82 Å². The molecule has 0 aliphatic carbocycles. The third-order valence-corrected chi connectivity index (χ3v) is 3.68. The Morgan fingerprint density at radius 3 is 2.88 bits per heavy atom. The molecular weight excluding hydrogens is 323 g/mol. The predicted octanol–water partition coefficient (Wildman–Crippen LogP) is 2.68. The van der Waals surface area contributed by atoms with Crippen molar-refractivity contribution >= 4 is 16.8 Å². The lowest BCUT2D eigenvalue weighted by molar-refractivity contribution is 0.0951. The van der Waals surface area contributed by atoms with Crippen molar-refractivity contribution in [2.24, 2.45) is 0 Å². The Kier molecular flexibility index (Phi) is 5.20. The number of nitrogens with zero attached hydrogens (tertiary/aromatic N) is 1. The van der Waals surface area contributed by atoms with Crippen molar-refractivity contribution in [3.05, 3.63) is 71.7 Å². The highest BCUT2D eigenvalue weighted by atomic mass is 19.1. The first-order valence-corrected chi connectivity index (χ1v) is 7.83. The van der Waals surface area contributed by atoms with Gasteiger partial charge in [0.1, 0.15) is 18.2 Å². The smallest absolute Gasteiger partial charge is 0.253 e. The number of halogens is 1. The minimum atomic E-state index is -0.489. The zero-order chi connectivity index (χ0) is 17.6. The standard InChI is InChI=1S/C19H17FN2O3/c20-15-10-13-5-3-7-21-18(13)16(11-15)19(24)22-12-14-4-1-2-6-17(14)25-9-8-23/h1-7,10-11,23H,8-9,12H2,(H,22,24). The molecule has 6 heteroatoms. The minimum Gasteiger partial charge on any atom is -0.491 e. The van der Waals surface area contributed by atoms with Gasteiger partial charge >= 0.3 is 0 Å². The highest BCUT2D eigenvalue weighted by Gasteiger charge is 2.14. The number of para-hydroxylation sites is 1. The van der Waals surface area contributed by atoms with E-state index < -0.39 is 11.7 Å². The highest BCUT2D eigenvalue weighted by molar-refractivity contribution is 6.05. The average Bonchev–Trinajstić information content (AvgIpc) is 2.64. The number of nitrogens with one attached hydrogen (secondary N) is 1. The van der Waals surface area contributed by atoms with Crippen LogP contribution in [0.5, 0.6) is 5.75 Å². The van der Waals surface area contributed by atoms with Crippen molar-refractivity contribution in [1.82, 2.24) is 10.3 Å². The van der Waals surface area contributed by atoms with Gasteiger partial charge in [-0.25, -0.2) is 4.39 Å². The van der Waals surface area contributed by atoms with E-state index in [1.54, 1.807) is 24.4 Å². The highest BCUT2D eigenvalue weighted by Crippen LogP contribution is 2.20. The summed E-state index contributed by atoms with van der Waals surface area (Å²) < 4.78 is 19.2. The molecule has 25 heavy (non-hydrogen) atoms. The van der Waals surface area contributed by atoms with E-state index in [1.165, 1.54) is 12.1 Å². The summed E-state index contributed by atoms with van der Waals surface area (Å²) in [6, 6.07) is 13.1. The number of fused-ring (bicyclic) bond motifs is 1. The van der Waals surface area contributed by atoms with E-state index >= 15 is 0 Å². The molecule has 0 aliphatic rings. The number of amides is 1. The molecule has 0 atom stereocenters. The molecule has 0 fully saturated rings. The van der Waals surface area contributed by atoms with Crippen molar-refractivity contribution in [3.63, 3.8) is 0 Å². The summed E-state index contributed by atoms with van der Waals surface area (Å²) in [5.41, 5.74) is 1.40. The summed E-state index contributed by atoms with van der Waals surface area (Å²) in [5.74, 6) is -0.323. The van der Waals surface area contributed by atoms with Gasteiger partial charge in [0.05, 0.1) is 17.7 Å². The maximum absolute atomic E-state index is 13.8. The first-order valence-electron chi connectivity index (χ1n) is 7.83. The van der Waals surface area contributed by atoms with Crippen LogP contribution in [0.1, 0.15) is 15.9 Å². The molecule has 0 unspecified atom stereocenters. The second kappa shape index (κ2) is 7.72. The molecule has 0 bridgehead atoms. The molecule has 0 spiro atoms. The third-order valence-electron chi connectivity index (χ3n) is 3.68. The zero-order valence-corrected chi connectivity index (χ0v) is 13.4. The molecular formula is C19H17FN2O3. The van der Waals surface area contributed by atoms with E-state index in [9.17, 15) is 9.18 Å². The van der Waals surface area contributed by atoms with Gasteiger partial charge in [-0.3, -0.25) is 9.78 Å². The van der Waals surface area contributed by atoms with Gasteiger partial charge in [0.25, 0.3) is 5.91 Å². The van der Waals surface area contributed by atoms with Crippen LogP contribution < -0.4 is 10.1 Å². The normalized spacial score (nSPS) is 10.6. The summed E-state index contributed by atoms with van der Waals surface area (Å²) in [7, 11) is 0. The lowest BCUT2D eigenvalue weighted by Gasteiger charge is -2.12. The quantitative estimate of drug-likeness (QED) is 0.724. The van der Waals surface area contributed by atoms with E-state index in [0.717, 1.165) is 5.56 Å². The number of hydrogen-bond donors (Lipinski definition) is 2. The molecule has 0 saturated heterocycles. The third kappa shape index (κ3) is 3.92. The van der Waals surface area contributed by atoms with Crippen molar-refractivity contribution in [2.75, 3.05) is 13.2 Å². The number of rotatable bonds is 6. The fraction of sp³-hybridized carbons (Fsp3) is 0.158. The van der Waals surface area contributed by atoms with Crippen LogP contribution in [0.3, 0.4) is 0 Å². The van der Waals surface area contributed by atoms with E-state index in [2.05, 4.69) is 10.3 Å². The lowest BCUT2D eigenvalue weighted by Crippen LogP contribution is -2.24. The number of aliphatic hydroxyl groups excluding tert-OH is 1. The van der Waals surface area contributed by atoms with Crippen LogP contribution in [0.25, 0.3) is 10.9 Å². The Bertz CT molecular complexity index is 899. The minimum absolute atomic E-state index is 0.0956. The van der Waals surface area contributed by atoms with Crippen molar-refractivity contribution in [1.29, 1.82) is 0 Å². The number of carbonyl (C=O) groups is 1. The summed E-state index contributed by atoms with van der Waals surface area (Å²) >= 11 is 0. The first kappa shape index (κ1) is 16.9. The molecule has 2 N–H and O–H groups in total. The maximum Gasteiger partial charge on any atom is 0.253 e. The molecule has 3 aromatic rings. The van der Waals surface area contributed by atoms with E-state index in [1.807, 2.05) is 18.2 Å². The van der Waals surface area contributed by atoms with Gasteiger partial charge < -0.3 is 15.2 Å². The Morgan fingerprint density at radius 1 is 1.20 bits per heavy atom. The molecule has 1 heterocycles. The van der Waals surface area contributed by atoms with Gasteiger partial charge in [0, 0.05) is 23.7 Å². The van der Waals surface area contributed by atoms with Gasteiger partial charge in [0.15, 0.2) is 0 Å². The number of benzene rings is 2. The fourth-order valence-corrected chi connectivity index (χ4v) is 2.55. The number of ether oxygens (including phenoxy) is 1. The Morgan fingerprint density at radius 2 is 2.04 bits per heavy atom. The number of hydrogen-bond acceptors (Lipinski definition) is 4. The molecule has 0 aliphatic heterocycles. The SMILES string of the molecule is O=C(NCc1ccccc1OCCO)c1cc(F)cc2cccnc12. The molecule has 128 valence electrons. The Labute approximate surface area is 144 Å². The number of aromatic nitrogens is 1. The average molecular weight is 340 g/mol. The molecule has 5 nitrogen and oxygen atoms in total. The van der Waals surface area contributed by atoms with Crippen LogP contribution in [-0.2, 0) is 6.54 Å². The van der Waals surface area contributed by atoms with Crippen molar-refractivity contribution < 1.29 is 19.0 Å². The maximum atomic E-state index is 13.8. The van der Waals surface area contributed by atoms with Gasteiger partial charge in [-0.2, -0.15) is 0 Å². The molecule has 1 aromatic heterocycles. The number of pyridine rings is 1. The molecule has 0 saturated carbocycles. The topological polar surface area (TPSA) is 71.5 Å². The van der Waals surface area contributed by atoms with Crippen LogP contribution in [0.15, 0.2) is 54.7 Å². The van der Waals surface area contributed by atoms with E-state index in [4.69, 9.17) is 9.84 Å². The zero-order valence-electron chi connectivity index (χ0n) is 13.4. The molecule has 0 radical (unpaired) electrons. The number of carbonyl (C=O) groups excluding carboxylic acids is 1. The predicted molar refractivity (Wildman–Crippen MR) is 91.9 cm³/mol. The van der Waals surface area contributed by atoms with E-state index in [0.29, 0.717) is 16.7 Å². The second-order valence-corrected chi connectivity index (χ2v) is 5.39. The second-order valence-electron chi connectivity index (χ2n) is 5.39. The summed E-state index contributed by atoms with van der Waals surface area (Å²) in [4.78, 5) is 16.7. The van der Waals surface area contributed by atoms with E-state index in [-0.39, 0.29) is 25.3 Å². The number of aliphatic hydroxyl groups is 1. The Balaban J connectivity index is 1.80. The monoisotopic (exact) mass is 340 g/mol. The summed E-state index contributed by atoms with van der Waals surface area (Å²) in [5, 5.41) is 12.2. The first-order chi connectivity index (χ1) is 12.2. The van der Waals surface area contributed by atoms with Crippen LogP contribution in [0.2, 0.25) is 0 Å². The summed E-state index contributed by atoms with van der Waals surface area (Å²) in [6.45, 7) is 0.288. The van der Waals surface area contributed by atoms with Gasteiger partial charge in [-0.1, -0.05) is 24.3 Å². The Hall–Kier alpha value is -2.99. The molecule has 1 amide bonds. The van der Waals surface area contributed by atoms with Crippen LogP contribution >= 0.6 is 0 Å². The van der Waals surface area contributed by atoms with Crippen molar-refractivity contribution in [3.8, 4) is 5.75 Å². The van der Waals surface area contributed by atoms with Crippen molar-refractivity contribution in [2.45, 2.75) is 6.54 Å². The molecule has 2 aromatic carbocycles.